The molecule has 0 bridgehead atoms. The third kappa shape index (κ3) is 1.85. The fourth-order valence-corrected chi connectivity index (χ4v) is 1.66. The van der Waals surface area contributed by atoms with E-state index in [1.54, 1.807) is 0 Å². The van der Waals surface area contributed by atoms with Crippen molar-refractivity contribution in [2.75, 3.05) is 0 Å². The van der Waals surface area contributed by atoms with Gasteiger partial charge >= 0.3 is 0 Å². The number of nitriles is 1. The van der Waals surface area contributed by atoms with Crippen LogP contribution in [0.1, 0.15) is 25.3 Å². The second-order valence-electron chi connectivity index (χ2n) is 3.41. The Morgan fingerprint density at radius 1 is 1.43 bits per heavy atom. The molecule has 0 aromatic heterocycles. The van der Waals surface area contributed by atoms with Crippen LogP contribution in [0.15, 0.2) is 43.0 Å². The average molecular weight is 185 g/mol. The molecule has 0 N–H and O–H groups in total. The summed E-state index contributed by atoms with van der Waals surface area (Å²) in [5.74, 6) is 0. The molecule has 0 amide bonds. The molecule has 0 aliphatic rings. The average Bonchev–Trinajstić information content (AvgIpc) is 2.27. The lowest BCUT2D eigenvalue weighted by Crippen LogP contribution is -2.21. The van der Waals surface area contributed by atoms with Crippen molar-refractivity contribution >= 4 is 0 Å². The minimum atomic E-state index is -0.386. The van der Waals surface area contributed by atoms with Crippen molar-refractivity contribution < 1.29 is 0 Å². The summed E-state index contributed by atoms with van der Waals surface area (Å²) in [7, 11) is 0. The highest BCUT2D eigenvalue weighted by Crippen LogP contribution is 2.30. The first-order chi connectivity index (χ1) is 6.79. The van der Waals surface area contributed by atoms with E-state index in [1.165, 1.54) is 0 Å². The van der Waals surface area contributed by atoms with Crippen molar-refractivity contribution in [2.45, 2.75) is 25.2 Å². The summed E-state index contributed by atoms with van der Waals surface area (Å²) in [5.41, 5.74) is 0.702. The third-order valence-electron chi connectivity index (χ3n) is 2.64. The second kappa shape index (κ2) is 4.62. The zero-order valence-electron chi connectivity index (χ0n) is 8.53. The van der Waals surface area contributed by atoms with E-state index >= 15 is 0 Å². The molecule has 1 aromatic rings. The Kier molecular flexibility index (Phi) is 3.48. The van der Waals surface area contributed by atoms with Gasteiger partial charge in [0.25, 0.3) is 0 Å². The highest BCUT2D eigenvalue weighted by atomic mass is 14.4. The van der Waals surface area contributed by atoms with Crippen molar-refractivity contribution in [3.63, 3.8) is 0 Å². The fraction of sp³-hybridized carbons (Fsp3) is 0.308. The van der Waals surface area contributed by atoms with Gasteiger partial charge in [-0.05, 0) is 18.4 Å². The van der Waals surface area contributed by atoms with Crippen LogP contribution in [0.3, 0.4) is 0 Å². The fourth-order valence-electron chi connectivity index (χ4n) is 1.66. The normalized spacial score (nSPS) is 14.0. The molecule has 1 atom stereocenters. The van der Waals surface area contributed by atoms with E-state index in [0.717, 1.165) is 12.0 Å². The topological polar surface area (TPSA) is 23.8 Å². The second-order valence-corrected chi connectivity index (χ2v) is 3.41. The summed E-state index contributed by atoms with van der Waals surface area (Å²) in [5, 5.41) is 9.26. The van der Waals surface area contributed by atoms with Crippen molar-refractivity contribution in [3.05, 3.63) is 48.6 Å². The van der Waals surface area contributed by atoms with Gasteiger partial charge < -0.3 is 0 Å². The van der Waals surface area contributed by atoms with Crippen LogP contribution in [-0.4, -0.2) is 0 Å². The Morgan fingerprint density at radius 3 is 2.50 bits per heavy atom. The summed E-state index contributed by atoms with van der Waals surface area (Å²) >= 11 is 0. The molecule has 1 aromatic carbocycles. The highest BCUT2D eigenvalue weighted by molar-refractivity contribution is 5.32. The van der Waals surface area contributed by atoms with Crippen molar-refractivity contribution in [1.29, 1.82) is 5.26 Å². The first-order valence-corrected chi connectivity index (χ1v) is 4.87. The largest absolute Gasteiger partial charge is 0.197 e. The molecule has 72 valence electrons. The minimum Gasteiger partial charge on any atom is -0.197 e. The third-order valence-corrected chi connectivity index (χ3v) is 2.64. The molecular formula is C13H15N. The van der Waals surface area contributed by atoms with E-state index in [1.807, 2.05) is 43.3 Å². The lowest BCUT2D eigenvalue weighted by Gasteiger charge is -2.23. The van der Waals surface area contributed by atoms with Gasteiger partial charge in [-0.15, -0.1) is 6.58 Å². The molecular weight excluding hydrogens is 170 g/mol. The summed E-state index contributed by atoms with van der Waals surface area (Å²) in [6, 6.07) is 12.3. The van der Waals surface area contributed by atoms with Crippen molar-refractivity contribution in [1.82, 2.24) is 0 Å². The molecule has 0 aliphatic heterocycles. The van der Waals surface area contributed by atoms with E-state index in [9.17, 15) is 5.26 Å². The van der Waals surface area contributed by atoms with Gasteiger partial charge in [0.1, 0.15) is 0 Å². The first kappa shape index (κ1) is 10.5. The van der Waals surface area contributed by atoms with E-state index in [0.29, 0.717) is 6.42 Å². The van der Waals surface area contributed by atoms with Crippen LogP contribution < -0.4 is 0 Å². The Morgan fingerprint density at radius 2 is 2.07 bits per heavy atom. The Bertz CT molecular complexity index is 334. The van der Waals surface area contributed by atoms with Gasteiger partial charge in [0, 0.05) is 0 Å². The van der Waals surface area contributed by atoms with E-state index in [-0.39, 0.29) is 5.41 Å². The monoisotopic (exact) mass is 185 g/mol. The maximum Gasteiger partial charge on any atom is 0.0853 e. The molecule has 0 saturated heterocycles. The van der Waals surface area contributed by atoms with E-state index in [2.05, 4.69) is 12.6 Å². The zero-order chi connectivity index (χ0) is 10.4. The van der Waals surface area contributed by atoms with Crippen LogP contribution in [0.4, 0.5) is 0 Å². The molecule has 0 unspecified atom stereocenters. The van der Waals surface area contributed by atoms with Crippen LogP contribution in [0, 0.1) is 11.3 Å². The Balaban J connectivity index is 3.12. The standard InChI is InChI=1S/C13H15N/c1-3-10-13(4-2,11-14)12-8-6-5-7-9-12/h3,5-9H,1,4,10H2,2H3/t13-/m1/s1. The SMILES string of the molecule is C=CC[C@@](C#N)(CC)c1ccccc1. The van der Waals surface area contributed by atoms with Crippen molar-refractivity contribution in [3.8, 4) is 6.07 Å². The maximum atomic E-state index is 9.26. The number of rotatable bonds is 4. The lowest BCUT2D eigenvalue weighted by atomic mass is 9.77. The number of hydrogen-bond donors (Lipinski definition) is 0. The molecule has 0 heterocycles. The number of nitrogens with zero attached hydrogens (tertiary/aromatic N) is 1. The first-order valence-electron chi connectivity index (χ1n) is 4.87. The number of hydrogen-bond acceptors (Lipinski definition) is 1. The van der Waals surface area contributed by atoms with Gasteiger partial charge in [0.05, 0.1) is 11.5 Å². The van der Waals surface area contributed by atoms with Gasteiger partial charge in [-0.25, -0.2) is 0 Å². The summed E-state index contributed by atoms with van der Waals surface area (Å²) in [6.45, 7) is 5.76. The Labute approximate surface area is 85.7 Å². The van der Waals surface area contributed by atoms with Gasteiger partial charge in [0.2, 0.25) is 0 Å². The zero-order valence-corrected chi connectivity index (χ0v) is 8.53. The van der Waals surface area contributed by atoms with Crippen LogP contribution in [-0.2, 0) is 5.41 Å². The van der Waals surface area contributed by atoms with E-state index < -0.39 is 0 Å². The van der Waals surface area contributed by atoms with Gasteiger partial charge in [0.15, 0.2) is 0 Å². The molecule has 1 rings (SSSR count). The molecule has 0 saturated carbocycles. The molecule has 0 aliphatic carbocycles. The van der Waals surface area contributed by atoms with Crippen LogP contribution >= 0.6 is 0 Å². The smallest absolute Gasteiger partial charge is 0.0853 e. The molecule has 0 radical (unpaired) electrons. The van der Waals surface area contributed by atoms with Crippen LogP contribution in [0.25, 0.3) is 0 Å². The van der Waals surface area contributed by atoms with E-state index in [4.69, 9.17) is 0 Å². The van der Waals surface area contributed by atoms with Gasteiger partial charge in [-0.1, -0.05) is 43.3 Å². The summed E-state index contributed by atoms with van der Waals surface area (Å²) in [6.07, 6.45) is 3.35. The van der Waals surface area contributed by atoms with Crippen LogP contribution in [0.2, 0.25) is 0 Å². The maximum absolute atomic E-state index is 9.26. The van der Waals surface area contributed by atoms with Crippen molar-refractivity contribution in [2.24, 2.45) is 0 Å². The highest BCUT2D eigenvalue weighted by Gasteiger charge is 2.28. The minimum absolute atomic E-state index is 0.386. The lowest BCUT2D eigenvalue weighted by molar-refractivity contribution is 0.537. The molecule has 1 heteroatoms. The summed E-state index contributed by atoms with van der Waals surface area (Å²) < 4.78 is 0. The van der Waals surface area contributed by atoms with Gasteiger partial charge in [-0.2, -0.15) is 5.26 Å². The van der Waals surface area contributed by atoms with Crippen LogP contribution in [0.5, 0.6) is 0 Å². The Hall–Kier alpha value is -1.55. The predicted octanol–water partition coefficient (Wildman–Crippen LogP) is 3.43. The quantitative estimate of drug-likeness (QED) is 0.659. The molecule has 1 nitrogen and oxygen atoms in total. The molecule has 14 heavy (non-hydrogen) atoms. The summed E-state index contributed by atoms with van der Waals surface area (Å²) in [4.78, 5) is 0. The predicted molar refractivity (Wildman–Crippen MR) is 58.8 cm³/mol. The molecule has 0 spiro atoms. The number of benzene rings is 1. The van der Waals surface area contributed by atoms with Gasteiger partial charge in [-0.3, -0.25) is 0 Å². The number of allylic oxidation sites excluding steroid dienone is 1. The molecule has 0 fully saturated rings.